The van der Waals surface area contributed by atoms with Crippen LogP contribution in [0.1, 0.15) is 22.3 Å². The molecule has 0 heterocycles. The van der Waals surface area contributed by atoms with E-state index in [1.807, 2.05) is 51.1 Å². The molecule has 0 aliphatic carbocycles. The second-order valence-corrected chi connectivity index (χ2v) is 5.70. The van der Waals surface area contributed by atoms with Gasteiger partial charge in [-0.15, -0.1) is 0 Å². The fourth-order valence-electron chi connectivity index (χ4n) is 2.43. The number of rotatable bonds is 6. The minimum atomic E-state index is -0.973. The van der Waals surface area contributed by atoms with Gasteiger partial charge in [0.05, 0.1) is 7.11 Å². The minimum Gasteiger partial charge on any atom is -0.497 e. The molecular weight excluding hydrogens is 292 g/mol. The lowest BCUT2D eigenvalue weighted by Crippen LogP contribution is -2.29. The monoisotopic (exact) mass is 314 g/mol. The van der Waals surface area contributed by atoms with Crippen LogP contribution in [0.2, 0.25) is 0 Å². The van der Waals surface area contributed by atoms with Crippen LogP contribution in [0.15, 0.2) is 36.4 Å². The lowest BCUT2D eigenvalue weighted by molar-refractivity contribution is -0.145. The number of hydrogen-bond acceptors (Lipinski definition) is 3. The molecule has 0 bridgehead atoms. The Balaban J connectivity index is 2.20. The molecule has 23 heavy (non-hydrogen) atoms. The summed E-state index contributed by atoms with van der Waals surface area (Å²) in [6.07, 6.45) is -0.630. The van der Waals surface area contributed by atoms with E-state index in [4.69, 9.17) is 9.47 Å². The molecule has 0 saturated heterocycles. The highest BCUT2D eigenvalue weighted by Crippen LogP contribution is 2.25. The number of aryl methyl sites for hydroxylation is 2. The first kappa shape index (κ1) is 16.9. The van der Waals surface area contributed by atoms with Gasteiger partial charge in [-0.2, -0.15) is 0 Å². The van der Waals surface area contributed by atoms with Crippen molar-refractivity contribution in [3.8, 4) is 11.5 Å². The van der Waals surface area contributed by atoms with E-state index in [-0.39, 0.29) is 0 Å². The molecule has 4 nitrogen and oxygen atoms in total. The van der Waals surface area contributed by atoms with E-state index in [0.717, 1.165) is 28.0 Å². The van der Waals surface area contributed by atoms with Crippen molar-refractivity contribution in [2.75, 3.05) is 7.11 Å². The zero-order valence-electron chi connectivity index (χ0n) is 13.9. The van der Waals surface area contributed by atoms with Crippen LogP contribution in [0.3, 0.4) is 0 Å². The molecule has 1 atom stereocenters. The van der Waals surface area contributed by atoms with Crippen molar-refractivity contribution in [2.45, 2.75) is 33.3 Å². The van der Waals surface area contributed by atoms with Gasteiger partial charge in [0.1, 0.15) is 11.5 Å². The average Bonchev–Trinajstić information content (AvgIpc) is 2.52. The lowest BCUT2D eigenvalue weighted by atomic mass is 10.0. The largest absolute Gasteiger partial charge is 0.497 e. The normalized spacial score (nSPS) is 11.8. The summed E-state index contributed by atoms with van der Waals surface area (Å²) in [5.74, 6) is 0.398. The summed E-state index contributed by atoms with van der Waals surface area (Å²) >= 11 is 0. The summed E-state index contributed by atoms with van der Waals surface area (Å²) in [7, 11) is 1.60. The van der Waals surface area contributed by atoms with Gasteiger partial charge in [-0.3, -0.25) is 0 Å². The van der Waals surface area contributed by atoms with Crippen molar-refractivity contribution >= 4 is 5.97 Å². The molecule has 0 aliphatic heterocycles. The highest BCUT2D eigenvalue weighted by molar-refractivity contribution is 5.73. The van der Waals surface area contributed by atoms with Crippen LogP contribution in [0, 0.1) is 20.8 Å². The van der Waals surface area contributed by atoms with E-state index in [1.54, 1.807) is 7.11 Å². The van der Waals surface area contributed by atoms with Gasteiger partial charge in [0.2, 0.25) is 0 Å². The molecule has 0 saturated carbocycles. The number of carboxylic acid groups (broad SMARTS) is 1. The smallest absolute Gasteiger partial charge is 0.345 e. The van der Waals surface area contributed by atoms with Gasteiger partial charge >= 0.3 is 5.97 Å². The molecule has 0 aliphatic rings. The molecule has 2 aromatic rings. The number of ether oxygens (including phenoxy) is 2. The van der Waals surface area contributed by atoms with E-state index in [9.17, 15) is 9.90 Å². The number of benzene rings is 2. The Kier molecular flexibility index (Phi) is 5.27. The predicted molar refractivity (Wildman–Crippen MR) is 89.4 cm³/mol. The third kappa shape index (κ3) is 4.25. The molecule has 0 spiro atoms. The second-order valence-electron chi connectivity index (χ2n) is 5.70. The van der Waals surface area contributed by atoms with Crippen LogP contribution in [-0.4, -0.2) is 24.3 Å². The molecule has 4 heteroatoms. The fourth-order valence-corrected chi connectivity index (χ4v) is 2.43. The topological polar surface area (TPSA) is 55.8 Å². The highest BCUT2D eigenvalue weighted by Gasteiger charge is 2.21. The van der Waals surface area contributed by atoms with Crippen molar-refractivity contribution in [1.82, 2.24) is 0 Å². The van der Waals surface area contributed by atoms with Crippen molar-refractivity contribution < 1.29 is 19.4 Å². The van der Waals surface area contributed by atoms with Gasteiger partial charge in [0.25, 0.3) is 0 Å². The van der Waals surface area contributed by atoms with Gasteiger partial charge in [0, 0.05) is 6.42 Å². The van der Waals surface area contributed by atoms with Gasteiger partial charge in [-0.05, 0) is 61.2 Å². The van der Waals surface area contributed by atoms with E-state index in [1.165, 1.54) is 0 Å². The number of carbonyl (C=O) groups is 1. The summed E-state index contributed by atoms with van der Waals surface area (Å²) in [6.45, 7) is 5.91. The van der Waals surface area contributed by atoms with Crippen molar-refractivity contribution in [2.24, 2.45) is 0 Å². The van der Waals surface area contributed by atoms with Crippen molar-refractivity contribution in [3.63, 3.8) is 0 Å². The maximum Gasteiger partial charge on any atom is 0.345 e. The maximum atomic E-state index is 11.6. The van der Waals surface area contributed by atoms with E-state index < -0.39 is 12.1 Å². The Bertz CT molecular complexity index is 689. The maximum absolute atomic E-state index is 11.6. The van der Waals surface area contributed by atoms with E-state index >= 15 is 0 Å². The molecule has 0 aromatic heterocycles. The molecule has 1 unspecified atom stereocenters. The molecule has 0 amide bonds. The molecule has 1 N–H and O–H groups in total. The summed E-state index contributed by atoms with van der Waals surface area (Å²) < 4.78 is 10.9. The first-order chi connectivity index (χ1) is 10.9. The summed E-state index contributed by atoms with van der Waals surface area (Å²) in [6, 6.07) is 11.3. The summed E-state index contributed by atoms with van der Waals surface area (Å²) in [4.78, 5) is 11.6. The molecule has 2 aromatic carbocycles. The number of carboxylic acids is 1. The standard InChI is InChI=1S/C19H22O4/c1-12-9-13(2)14(3)17(10-12)23-18(19(20)21)11-15-5-7-16(22-4)8-6-15/h5-10,18H,11H2,1-4H3,(H,20,21). The zero-order valence-corrected chi connectivity index (χ0v) is 13.9. The number of methoxy groups -OCH3 is 1. The van der Waals surface area contributed by atoms with E-state index in [2.05, 4.69) is 6.07 Å². The predicted octanol–water partition coefficient (Wildman–Crippen LogP) is 3.70. The Morgan fingerprint density at radius 3 is 2.35 bits per heavy atom. The van der Waals surface area contributed by atoms with Crippen LogP contribution >= 0.6 is 0 Å². The molecule has 122 valence electrons. The SMILES string of the molecule is COc1ccc(CC(Oc2cc(C)cc(C)c2C)C(=O)O)cc1. The Morgan fingerprint density at radius 2 is 1.78 bits per heavy atom. The van der Waals surface area contributed by atoms with Gasteiger partial charge in [-0.25, -0.2) is 4.79 Å². The van der Waals surface area contributed by atoms with Crippen LogP contribution in [-0.2, 0) is 11.2 Å². The molecule has 0 radical (unpaired) electrons. The van der Waals surface area contributed by atoms with Crippen LogP contribution < -0.4 is 9.47 Å². The second kappa shape index (κ2) is 7.18. The minimum absolute atomic E-state index is 0.297. The quantitative estimate of drug-likeness (QED) is 0.883. The fraction of sp³-hybridized carbons (Fsp3) is 0.316. The number of hydrogen-bond donors (Lipinski definition) is 1. The summed E-state index contributed by atoms with van der Waals surface area (Å²) in [5, 5.41) is 9.48. The highest BCUT2D eigenvalue weighted by atomic mass is 16.5. The first-order valence-corrected chi connectivity index (χ1v) is 7.51. The first-order valence-electron chi connectivity index (χ1n) is 7.51. The van der Waals surface area contributed by atoms with Crippen molar-refractivity contribution in [1.29, 1.82) is 0 Å². The Hall–Kier alpha value is -2.49. The molecule has 0 fully saturated rings. The van der Waals surface area contributed by atoms with Gasteiger partial charge < -0.3 is 14.6 Å². The van der Waals surface area contributed by atoms with Gasteiger partial charge in [0.15, 0.2) is 6.10 Å². The third-order valence-corrected chi connectivity index (χ3v) is 3.89. The average molecular weight is 314 g/mol. The third-order valence-electron chi connectivity index (χ3n) is 3.89. The van der Waals surface area contributed by atoms with Crippen molar-refractivity contribution in [3.05, 3.63) is 58.7 Å². The molecular formula is C19H22O4. The van der Waals surface area contributed by atoms with Crippen LogP contribution in [0.5, 0.6) is 11.5 Å². The zero-order chi connectivity index (χ0) is 17.0. The van der Waals surface area contributed by atoms with Crippen LogP contribution in [0.4, 0.5) is 0 Å². The number of aliphatic carboxylic acids is 1. The summed E-state index contributed by atoms with van der Waals surface area (Å²) in [5.41, 5.74) is 4.00. The van der Waals surface area contributed by atoms with Crippen LogP contribution in [0.25, 0.3) is 0 Å². The Morgan fingerprint density at radius 1 is 1.13 bits per heavy atom. The Labute approximate surface area is 136 Å². The van der Waals surface area contributed by atoms with Gasteiger partial charge in [-0.1, -0.05) is 18.2 Å². The molecule has 2 rings (SSSR count). The van der Waals surface area contributed by atoms with E-state index in [0.29, 0.717) is 12.2 Å². The lowest BCUT2D eigenvalue weighted by Gasteiger charge is -2.18.